The number of aromatic nitrogens is 2. The van der Waals surface area contributed by atoms with Crippen LogP contribution < -0.4 is 4.74 Å². The van der Waals surface area contributed by atoms with Crippen molar-refractivity contribution in [3.05, 3.63) is 54.1 Å². The van der Waals surface area contributed by atoms with Crippen LogP contribution in [0.5, 0.6) is 5.75 Å². The predicted molar refractivity (Wildman–Crippen MR) is 86.4 cm³/mol. The molecular weight excluding hydrogens is 346 g/mol. The van der Waals surface area contributed by atoms with E-state index in [4.69, 9.17) is 4.74 Å². The van der Waals surface area contributed by atoms with E-state index in [1.54, 1.807) is 4.90 Å². The zero-order chi connectivity index (χ0) is 18.5. The molecule has 2 heterocycles. The maximum atomic E-state index is 13.5. The van der Waals surface area contributed by atoms with Crippen molar-refractivity contribution in [3.63, 3.8) is 0 Å². The lowest BCUT2D eigenvalue weighted by molar-refractivity contribution is -0.134. The molecule has 1 aliphatic heterocycles. The van der Waals surface area contributed by atoms with Crippen molar-refractivity contribution in [1.82, 2.24) is 19.8 Å². The molecule has 1 aromatic heterocycles. The molecular formula is C17H16F2N4O3. The minimum Gasteiger partial charge on any atom is -0.481 e. The number of halogens is 2. The van der Waals surface area contributed by atoms with Crippen LogP contribution in [0.4, 0.5) is 8.78 Å². The van der Waals surface area contributed by atoms with Gasteiger partial charge in [-0.1, -0.05) is 0 Å². The van der Waals surface area contributed by atoms with Crippen molar-refractivity contribution in [1.29, 1.82) is 0 Å². The van der Waals surface area contributed by atoms with E-state index in [-0.39, 0.29) is 29.9 Å². The Hall–Kier alpha value is -3.10. The highest BCUT2D eigenvalue weighted by molar-refractivity contribution is 5.92. The highest BCUT2D eigenvalue weighted by Crippen LogP contribution is 2.17. The third-order valence-electron chi connectivity index (χ3n) is 3.95. The van der Waals surface area contributed by atoms with E-state index in [0.29, 0.717) is 32.2 Å². The number of hydrogen-bond donors (Lipinski definition) is 0. The SMILES string of the molecule is O=C(COc1ccc(F)cc1F)N1CCN(C(=O)c2cnccn2)CC1. The summed E-state index contributed by atoms with van der Waals surface area (Å²) < 4.78 is 31.5. The lowest BCUT2D eigenvalue weighted by Gasteiger charge is -2.34. The van der Waals surface area contributed by atoms with E-state index in [1.807, 2.05) is 0 Å². The fourth-order valence-corrected chi connectivity index (χ4v) is 2.55. The zero-order valence-corrected chi connectivity index (χ0v) is 13.8. The van der Waals surface area contributed by atoms with Gasteiger partial charge >= 0.3 is 0 Å². The van der Waals surface area contributed by atoms with Crippen LogP contribution in [-0.4, -0.2) is 64.4 Å². The summed E-state index contributed by atoms with van der Waals surface area (Å²) in [7, 11) is 0. The van der Waals surface area contributed by atoms with Gasteiger partial charge in [-0.25, -0.2) is 13.8 Å². The summed E-state index contributed by atoms with van der Waals surface area (Å²) in [5, 5.41) is 0. The van der Waals surface area contributed by atoms with Crippen molar-refractivity contribution in [2.45, 2.75) is 0 Å². The molecule has 0 N–H and O–H groups in total. The average molecular weight is 362 g/mol. The van der Waals surface area contributed by atoms with Crippen molar-refractivity contribution in [3.8, 4) is 5.75 Å². The maximum Gasteiger partial charge on any atom is 0.274 e. The van der Waals surface area contributed by atoms with Gasteiger partial charge in [0.1, 0.15) is 11.5 Å². The highest BCUT2D eigenvalue weighted by atomic mass is 19.1. The molecule has 7 nitrogen and oxygen atoms in total. The van der Waals surface area contributed by atoms with Gasteiger partial charge in [0.25, 0.3) is 11.8 Å². The molecule has 1 saturated heterocycles. The number of ether oxygens (including phenoxy) is 1. The number of benzene rings is 1. The first-order valence-electron chi connectivity index (χ1n) is 7.95. The molecule has 0 saturated carbocycles. The second kappa shape index (κ2) is 7.85. The summed E-state index contributed by atoms with van der Waals surface area (Å²) in [4.78, 5) is 35.4. The van der Waals surface area contributed by atoms with E-state index >= 15 is 0 Å². The Morgan fingerprint density at radius 1 is 1.08 bits per heavy atom. The Balaban J connectivity index is 1.50. The van der Waals surface area contributed by atoms with E-state index in [9.17, 15) is 18.4 Å². The predicted octanol–water partition coefficient (Wildman–Crippen LogP) is 1.12. The second-order valence-corrected chi connectivity index (χ2v) is 5.63. The van der Waals surface area contributed by atoms with Gasteiger partial charge in [-0.15, -0.1) is 0 Å². The van der Waals surface area contributed by atoms with Gasteiger partial charge < -0.3 is 14.5 Å². The lowest BCUT2D eigenvalue weighted by Crippen LogP contribution is -2.51. The Labute approximate surface area is 148 Å². The average Bonchev–Trinajstić information content (AvgIpc) is 2.67. The third kappa shape index (κ3) is 4.11. The van der Waals surface area contributed by atoms with Crippen LogP contribution >= 0.6 is 0 Å². The minimum atomic E-state index is -0.864. The summed E-state index contributed by atoms with van der Waals surface area (Å²) in [6.45, 7) is 1.01. The van der Waals surface area contributed by atoms with E-state index in [1.165, 1.54) is 23.5 Å². The molecule has 0 atom stereocenters. The molecule has 0 radical (unpaired) electrons. The lowest BCUT2D eigenvalue weighted by atomic mass is 10.2. The van der Waals surface area contributed by atoms with Crippen LogP contribution in [0.3, 0.4) is 0 Å². The normalized spacial score (nSPS) is 14.2. The monoisotopic (exact) mass is 362 g/mol. The molecule has 1 fully saturated rings. The number of carbonyl (C=O) groups is 2. The third-order valence-corrected chi connectivity index (χ3v) is 3.95. The Bertz CT molecular complexity index is 796. The summed E-state index contributed by atoms with van der Waals surface area (Å²) >= 11 is 0. The van der Waals surface area contributed by atoms with Crippen LogP contribution in [0, 0.1) is 11.6 Å². The van der Waals surface area contributed by atoms with E-state index in [0.717, 1.165) is 12.1 Å². The molecule has 0 spiro atoms. The standard InChI is InChI=1S/C17H16F2N4O3/c18-12-1-2-15(13(19)9-12)26-11-16(24)22-5-7-23(8-6-22)17(25)14-10-20-3-4-21-14/h1-4,9-10H,5-8,11H2. The molecule has 3 rings (SSSR count). The summed E-state index contributed by atoms with van der Waals surface area (Å²) in [5.74, 6) is -2.34. The molecule has 9 heteroatoms. The molecule has 2 aromatic rings. The molecule has 0 unspecified atom stereocenters. The van der Waals surface area contributed by atoms with E-state index < -0.39 is 11.6 Å². The highest BCUT2D eigenvalue weighted by Gasteiger charge is 2.25. The van der Waals surface area contributed by atoms with Crippen molar-refractivity contribution < 1.29 is 23.1 Å². The molecule has 1 aliphatic rings. The van der Waals surface area contributed by atoms with Crippen LogP contribution in [0.15, 0.2) is 36.8 Å². The first-order valence-corrected chi connectivity index (χ1v) is 7.95. The van der Waals surface area contributed by atoms with Crippen LogP contribution in [0.2, 0.25) is 0 Å². The van der Waals surface area contributed by atoms with Gasteiger partial charge in [0, 0.05) is 44.6 Å². The summed E-state index contributed by atoms with van der Waals surface area (Å²) in [5.41, 5.74) is 0.252. The number of piperazine rings is 1. The zero-order valence-electron chi connectivity index (χ0n) is 13.8. The molecule has 2 amide bonds. The molecule has 136 valence electrons. The number of hydrogen-bond acceptors (Lipinski definition) is 5. The molecule has 0 aliphatic carbocycles. The number of carbonyl (C=O) groups excluding carboxylic acids is 2. The topological polar surface area (TPSA) is 75.6 Å². The van der Waals surface area contributed by atoms with Crippen molar-refractivity contribution in [2.75, 3.05) is 32.8 Å². The number of nitrogens with zero attached hydrogens (tertiary/aromatic N) is 4. The number of amides is 2. The fraction of sp³-hybridized carbons (Fsp3) is 0.294. The van der Waals surface area contributed by atoms with Gasteiger partial charge in [-0.05, 0) is 12.1 Å². The van der Waals surface area contributed by atoms with Gasteiger partial charge in [-0.2, -0.15) is 0 Å². The van der Waals surface area contributed by atoms with Crippen molar-refractivity contribution in [2.24, 2.45) is 0 Å². The Morgan fingerprint density at radius 2 is 1.81 bits per heavy atom. The van der Waals surface area contributed by atoms with E-state index in [2.05, 4.69) is 9.97 Å². The largest absolute Gasteiger partial charge is 0.481 e. The van der Waals surface area contributed by atoms with Gasteiger partial charge in [0.05, 0.1) is 6.20 Å². The van der Waals surface area contributed by atoms with Crippen LogP contribution in [-0.2, 0) is 4.79 Å². The van der Waals surface area contributed by atoms with Gasteiger partial charge in [-0.3, -0.25) is 14.6 Å². The Kier molecular flexibility index (Phi) is 5.35. The Morgan fingerprint density at radius 3 is 2.46 bits per heavy atom. The molecule has 26 heavy (non-hydrogen) atoms. The van der Waals surface area contributed by atoms with Crippen LogP contribution in [0.25, 0.3) is 0 Å². The quantitative estimate of drug-likeness (QED) is 0.815. The summed E-state index contributed by atoms with van der Waals surface area (Å²) in [6, 6.07) is 2.88. The fourth-order valence-electron chi connectivity index (χ4n) is 2.55. The first kappa shape index (κ1) is 17.7. The first-order chi connectivity index (χ1) is 12.5. The smallest absolute Gasteiger partial charge is 0.274 e. The maximum absolute atomic E-state index is 13.5. The number of rotatable bonds is 4. The van der Waals surface area contributed by atoms with Crippen molar-refractivity contribution >= 4 is 11.8 Å². The van der Waals surface area contributed by atoms with Crippen LogP contribution in [0.1, 0.15) is 10.5 Å². The molecule has 1 aromatic carbocycles. The minimum absolute atomic E-state index is 0.184. The van der Waals surface area contributed by atoms with Gasteiger partial charge in [0.2, 0.25) is 0 Å². The van der Waals surface area contributed by atoms with Gasteiger partial charge in [0.15, 0.2) is 18.2 Å². The summed E-state index contributed by atoms with van der Waals surface area (Å²) in [6.07, 6.45) is 4.32. The molecule has 0 bridgehead atoms. The second-order valence-electron chi connectivity index (χ2n) is 5.63.